The maximum absolute atomic E-state index is 13.5. The number of hydrogen-bond donors (Lipinski definition) is 0. The minimum absolute atomic E-state index is 0.136. The number of carbonyl (C=O) groups is 1. The lowest BCUT2D eigenvalue weighted by molar-refractivity contribution is -0.384. The number of rotatable bonds is 6. The van der Waals surface area contributed by atoms with Crippen molar-refractivity contribution in [2.45, 2.75) is 19.9 Å². The van der Waals surface area contributed by atoms with E-state index in [1.165, 1.54) is 34.1 Å². The molecule has 3 aromatic rings. The Kier molecular flexibility index (Phi) is 6.42. The number of aromatic nitrogens is 1. The van der Waals surface area contributed by atoms with Crippen LogP contribution in [0, 0.1) is 10.1 Å². The molecule has 1 unspecified atom stereocenters. The van der Waals surface area contributed by atoms with Gasteiger partial charge in [0.1, 0.15) is 5.75 Å². The molecule has 1 atom stereocenters. The zero-order chi connectivity index (χ0) is 24.4. The zero-order valence-electron chi connectivity index (χ0n) is 18.7. The van der Waals surface area contributed by atoms with Crippen molar-refractivity contribution in [3.63, 3.8) is 0 Å². The molecule has 0 saturated heterocycles. The Labute approximate surface area is 198 Å². The third-order valence-electron chi connectivity index (χ3n) is 5.31. The molecule has 174 valence electrons. The van der Waals surface area contributed by atoms with E-state index in [2.05, 4.69) is 4.99 Å². The summed E-state index contributed by atoms with van der Waals surface area (Å²) in [6, 6.07) is 12.2. The van der Waals surface area contributed by atoms with Crippen LogP contribution in [0.25, 0.3) is 6.08 Å². The summed E-state index contributed by atoms with van der Waals surface area (Å²) >= 11 is 1.18. The van der Waals surface area contributed by atoms with Gasteiger partial charge in [-0.1, -0.05) is 35.6 Å². The molecule has 0 saturated carbocycles. The first-order valence-corrected chi connectivity index (χ1v) is 11.2. The zero-order valence-corrected chi connectivity index (χ0v) is 19.5. The first-order valence-electron chi connectivity index (χ1n) is 10.4. The number of carbonyl (C=O) groups excluding carboxylic acids is 1. The van der Waals surface area contributed by atoms with Crippen molar-refractivity contribution in [2.24, 2.45) is 4.99 Å². The number of methoxy groups -OCH3 is 1. The quantitative estimate of drug-likeness (QED) is 0.305. The highest BCUT2D eigenvalue weighted by Gasteiger charge is 2.34. The van der Waals surface area contributed by atoms with Gasteiger partial charge in [0.25, 0.3) is 11.2 Å². The maximum atomic E-state index is 13.5. The monoisotopic (exact) mass is 479 g/mol. The summed E-state index contributed by atoms with van der Waals surface area (Å²) in [5.74, 6) is 0.0266. The van der Waals surface area contributed by atoms with Crippen molar-refractivity contribution in [1.29, 1.82) is 0 Å². The number of nitro benzene ring substituents is 1. The fourth-order valence-electron chi connectivity index (χ4n) is 3.80. The Morgan fingerprint density at radius 2 is 2.03 bits per heavy atom. The maximum Gasteiger partial charge on any atom is 0.338 e. The SMILES string of the molecule is CCOC(=O)C1=C(C)N=c2sc(=Cc3cccc(OC)c3)c(=O)n2C1c1cccc([N+](=O)[O-])c1. The number of fused-ring (bicyclic) bond motifs is 1. The van der Waals surface area contributed by atoms with Gasteiger partial charge in [0.15, 0.2) is 4.80 Å². The second-order valence-electron chi connectivity index (χ2n) is 7.43. The number of ether oxygens (including phenoxy) is 2. The van der Waals surface area contributed by atoms with E-state index >= 15 is 0 Å². The number of esters is 1. The van der Waals surface area contributed by atoms with Gasteiger partial charge in [-0.25, -0.2) is 9.79 Å². The van der Waals surface area contributed by atoms with Gasteiger partial charge in [0.2, 0.25) is 0 Å². The Morgan fingerprint density at radius 3 is 2.74 bits per heavy atom. The van der Waals surface area contributed by atoms with Crippen LogP contribution in [0.1, 0.15) is 31.0 Å². The van der Waals surface area contributed by atoms with E-state index in [0.717, 1.165) is 5.56 Å². The van der Waals surface area contributed by atoms with Gasteiger partial charge in [0, 0.05) is 12.1 Å². The normalized spacial score (nSPS) is 15.5. The highest BCUT2D eigenvalue weighted by Crippen LogP contribution is 2.32. The summed E-state index contributed by atoms with van der Waals surface area (Å²) in [5.41, 5.74) is 1.23. The predicted octanol–water partition coefficient (Wildman–Crippen LogP) is 2.72. The molecule has 10 heteroatoms. The van der Waals surface area contributed by atoms with Crippen molar-refractivity contribution < 1.29 is 19.2 Å². The minimum atomic E-state index is -0.914. The van der Waals surface area contributed by atoms with Gasteiger partial charge in [-0.15, -0.1) is 0 Å². The molecule has 0 bridgehead atoms. The molecule has 4 rings (SSSR count). The van der Waals surface area contributed by atoms with Crippen molar-refractivity contribution >= 4 is 29.1 Å². The average Bonchev–Trinajstić information content (AvgIpc) is 3.12. The number of benzene rings is 2. The van der Waals surface area contributed by atoms with Gasteiger partial charge in [-0.05, 0) is 43.2 Å². The molecule has 0 aliphatic carbocycles. The van der Waals surface area contributed by atoms with Crippen LogP contribution in [-0.2, 0) is 9.53 Å². The second kappa shape index (κ2) is 9.44. The molecular formula is C24H21N3O6S. The summed E-state index contributed by atoms with van der Waals surface area (Å²) in [7, 11) is 1.56. The van der Waals surface area contributed by atoms with Crippen LogP contribution in [0.3, 0.4) is 0 Å². The number of allylic oxidation sites excluding steroid dienone is 1. The highest BCUT2D eigenvalue weighted by atomic mass is 32.1. The molecule has 0 amide bonds. The van der Waals surface area contributed by atoms with Crippen LogP contribution < -0.4 is 19.6 Å². The van der Waals surface area contributed by atoms with Crippen LogP contribution in [0.15, 0.2) is 69.6 Å². The van der Waals surface area contributed by atoms with Gasteiger partial charge >= 0.3 is 5.97 Å². The Bertz CT molecular complexity index is 1500. The van der Waals surface area contributed by atoms with E-state index in [4.69, 9.17) is 9.47 Å². The molecule has 0 spiro atoms. The van der Waals surface area contributed by atoms with Crippen molar-refractivity contribution in [3.8, 4) is 5.75 Å². The summed E-state index contributed by atoms with van der Waals surface area (Å²) in [5, 5.41) is 11.4. The summed E-state index contributed by atoms with van der Waals surface area (Å²) in [6.07, 6.45) is 1.72. The second-order valence-corrected chi connectivity index (χ2v) is 8.44. The summed E-state index contributed by atoms with van der Waals surface area (Å²) < 4.78 is 12.3. The number of nitro groups is 1. The molecule has 0 fully saturated rings. The van der Waals surface area contributed by atoms with Gasteiger partial charge in [-0.2, -0.15) is 0 Å². The lowest BCUT2D eigenvalue weighted by Crippen LogP contribution is -2.40. The number of hydrogen-bond acceptors (Lipinski definition) is 8. The van der Waals surface area contributed by atoms with E-state index in [0.29, 0.717) is 26.3 Å². The van der Waals surface area contributed by atoms with Crippen LogP contribution in [0.4, 0.5) is 5.69 Å². The average molecular weight is 480 g/mol. The molecule has 9 nitrogen and oxygen atoms in total. The van der Waals surface area contributed by atoms with Gasteiger partial charge in [-0.3, -0.25) is 19.5 Å². The fourth-order valence-corrected chi connectivity index (χ4v) is 4.84. The minimum Gasteiger partial charge on any atom is -0.497 e. The molecule has 0 N–H and O–H groups in total. The van der Waals surface area contributed by atoms with Crippen LogP contribution in [0.2, 0.25) is 0 Å². The Hall–Kier alpha value is -4.05. The van der Waals surface area contributed by atoms with E-state index in [-0.39, 0.29) is 23.4 Å². The smallest absolute Gasteiger partial charge is 0.338 e. The topological polar surface area (TPSA) is 113 Å². The van der Waals surface area contributed by atoms with Gasteiger partial charge < -0.3 is 9.47 Å². The largest absolute Gasteiger partial charge is 0.497 e. The Morgan fingerprint density at radius 1 is 1.26 bits per heavy atom. The lowest BCUT2D eigenvalue weighted by Gasteiger charge is -2.24. The van der Waals surface area contributed by atoms with E-state index in [1.807, 2.05) is 12.1 Å². The highest BCUT2D eigenvalue weighted by molar-refractivity contribution is 7.07. The lowest BCUT2D eigenvalue weighted by atomic mass is 9.95. The van der Waals surface area contributed by atoms with Gasteiger partial charge in [0.05, 0.1) is 40.5 Å². The third kappa shape index (κ3) is 4.27. The number of non-ortho nitro benzene ring substituents is 1. The fraction of sp³-hybridized carbons (Fsp3) is 0.208. The van der Waals surface area contributed by atoms with E-state index in [9.17, 15) is 19.7 Å². The Balaban J connectivity index is 1.96. The first kappa shape index (κ1) is 23.1. The van der Waals surface area contributed by atoms with Crippen molar-refractivity contribution in [2.75, 3.05) is 13.7 Å². The molecule has 0 radical (unpaired) electrons. The number of thiazole rings is 1. The molecule has 2 heterocycles. The first-order chi connectivity index (χ1) is 16.3. The molecule has 34 heavy (non-hydrogen) atoms. The molecule has 1 aliphatic rings. The standard InChI is InChI=1S/C24H21N3O6S/c1-4-33-23(29)20-14(2)25-24-26(21(20)16-8-6-9-17(13-16)27(30)31)22(28)19(34-24)12-15-7-5-10-18(11-15)32-3/h5-13,21H,4H2,1-3H3. The molecule has 1 aromatic heterocycles. The van der Waals surface area contributed by atoms with E-state index in [1.54, 1.807) is 45.2 Å². The van der Waals surface area contributed by atoms with Crippen LogP contribution >= 0.6 is 11.3 Å². The molecule has 2 aromatic carbocycles. The third-order valence-corrected chi connectivity index (χ3v) is 6.29. The molecular weight excluding hydrogens is 458 g/mol. The molecule has 1 aliphatic heterocycles. The van der Waals surface area contributed by atoms with Crippen molar-refractivity contribution in [3.05, 3.63) is 101 Å². The summed E-state index contributed by atoms with van der Waals surface area (Å²) in [4.78, 5) is 42.2. The number of nitrogens with zero attached hydrogens (tertiary/aromatic N) is 3. The van der Waals surface area contributed by atoms with Crippen LogP contribution in [-0.4, -0.2) is 29.2 Å². The van der Waals surface area contributed by atoms with Crippen LogP contribution in [0.5, 0.6) is 5.75 Å². The summed E-state index contributed by atoms with van der Waals surface area (Å²) in [6.45, 7) is 3.48. The van der Waals surface area contributed by atoms with Crippen molar-refractivity contribution in [1.82, 2.24) is 4.57 Å². The van der Waals surface area contributed by atoms with E-state index < -0.39 is 16.9 Å². The predicted molar refractivity (Wildman–Crippen MR) is 126 cm³/mol.